The maximum atomic E-state index is 14.1. The second-order valence-corrected chi connectivity index (χ2v) is 5.32. The standard InChI is InChI=1S/C14H10BrF2N3/c1-7-3-2-4-9(16)13(7)20-12-5-8(15)10(17)6-11(12)19-14(20)18/h2-6H,1H3,(H2,18,19). The van der Waals surface area contributed by atoms with Crippen molar-refractivity contribution in [2.75, 3.05) is 5.73 Å². The first kappa shape index (κ1) is 13.1. The van der Waals surface area contributed by atoms with Crippen LogP contribution in [0.5, 0.6) is 0 Å². The van der Waals surface area contributed by atoms with E-state index in [1.165, 1.54) is 16.7 Å². The molecule has 2 N–H and O–H groups in total. The highest BCUT2D eigenvalue weighted by molar-refractivity contribution is 9.10. The van der Waals surface area contributed by atoms with E-state index in [-0.39, 0.29) is 10.4 Å². The average molecular weight is 338 g/mol. The lowest BCUT2D eigenvalue weighted by Gasteiger charge is -2.11. The molecule has 0 bridgehead atoms. The third-order valence-electron chi connectivity index (χ3n) is 3.13. The van der Waals surface area contributed by atoms with Crippen molar-refractivity contribution in [1.82, 2.24) is 9.55 Å². The van der Waals surface area contributed by atoms with E-state index in [0.29, 0.717) is 16.7 Å². The Kier molecular flexibility index (Phi) is 2.97. The highest BCUT2D eigenvalue weighted by atomic mass is 79.9. The molecule has 2 aromatic carbocycles. The number of anilines is 1. The van der Waals surface area contributed by atoms with E-state index in [1.807, 2.05) is 0 Å². The van der Waals surface area contributed by atoms with Gasteiger partial charge in [0.15, 0.2) is 0 Å². The number of imidazole rings is 1. The number of benzene rings is 2. The van der Waals surface area contributed by atoms with Gasteiger partial charge in [-0.1, -0.05) is 12.1 Å². The second-order valence-electron chi connectivity index (χ2n) is 4.47. The van der Waals surface area contributed by atoms with Crippen LogP contribution in [-0.2, 0) is 0 Å². The van der Waals surface area contributed by atoms with Crippen molar-refractivity contribution in [1.29, 1.82) is 0 Å². The Morgan fingerprint density at radius 1 is 1.20 bits per heavy atom. The van der Waals surface area contributed by atoms with Crippen LogP contribution in [0.15, 0.2) is 34.8 Å². The van der Waals surface area contributed by atoms with Crippen LogP contribution in [0.2, 0.25) is 0 Å². The molecule has 0 atom stereocenters. The molecule has 3 rings (SSSR count). The minimum absolute atomic E-state index is 0.116. The van der Waals surface area contributed by atoms with Crippen molar-refractivity contribution in [2.45, 2.75) is 6.92 Å². The molecule has 6 heteroatoms. The van der Waals surface area contributed by atoms with Crippen LogP contribution in [0.25, 0.3) is 16.7 Å². The van der Waals surface area contributed by atoms with Gasteiger partial charge < -0.3 is 5.73 Å². The Morgan fingerprint density at radius 3 is 2.65 bits per heavy atom. The number of halogens is 3. The molecule has 0 spiro atoms. The average Bonchev–Trinajstić information content (AvgIpc) is 2.67. The van der Waals surface area contributed by atoms with Crippen LogP contribution in [-0.4, -0.2) is 9.55 Å². The third kappa shape index (κ3) is 1.87. The van der Waals surface area contributed by atoms with Crippen LogP contribution in [0, 0.1) is 18.6 Å². The fourth-order valence-electron chi connectivity index (χ4n) is 2.23. The summed E-state index contributed by atoms with van der Waals surface area (Å²) in [6.07, 6.45) is 0. The summed E-state index contributed by atoms with van der Waals surface area (Å²) in [6, 6.07) is 7.57. The number of para-hydroxylation sites is 1. The lowest BCUT2D eigenvalue weighted by molar-refractivity contribution is 0.618. The van der Waals surface area contributed by atoms with Crippen LogP contribution in [0.3, 0.4) is 0 Å². The molecule has 0 amide bonds. The molecule has 0 fully saturated rings. The summed E-state index contributed by atoms with van der Waals surface area (Å²) in [5, 5.41) is 0. The number of nitrogens with zero attached hydrogens (tertiary/aromatic N) is 2. The van der Waals surface area contributed by atoms with Crippen molar-refractivity contribution >= 4 is 32.9 Å². The Morgan fingerprint density at radius 2 is 1.95 bits per heavy atom. The predicted octanol–water partition coefficient (Wildman–Crippen LogP) is 3.96. The van der Waals surface area contributed by atoms with Gasteiger partial charge in [-0.05, 0) is 40.5 Å². The van der Waals surface area contributed by atoms with E-state index < -0.39 is 11.6 Å². The number of nitrogens with two attached hydrogens (primary N) is 1. The molecule has 1 aromatic heterocycles. The molecule has 0 unspecified atom stereocenters. The Labute approximate surface area is 122 Å². The monoisotopic (exact) mass is 337 g/mol. The molecule has 0 aliphatic carbocycles. The van der Waals surface area contributed by atoms with Gasteiger partial charge in [0.25, 0.3) is 0 Å². The third-order valence-corrected chi connectivity index (χ3v) is 3.74. The summed E-state index contributed by atoms with van der Waals surface area (Å²) in [7, 11) is 0. The largest absolute Gasteiger partial charge is 0.369 e. The van der Waals surface area contributed by atoms with Crippen molar-refractivity contribution in [3.05, 3.63) is 52.0 Å². The van der Waals surface area contributed by atoms with Gasteiger partial charge in [-0.15, -0.1) is 0 Å². The van der Waals surface area contributed by atoms with Crippen molar-refractivity contribution in [3.63, 3.8) is 0 Å². The fraction of sp³-hybridized carbons (Fsp3) is 0.0714. The first-order valence-corrected chi connectivity index (χ1v) is 6.67. The molecule has 20 heavy (non-hydrogen) atoms. The second kappa shape index (κ2) is 4.56. The van der Waals surface area contributed by atoms with Gasteiger partial charge in [-0.3, -0.25) is 4.57 Å². The van der Waals surface area contributed by atoms with E-state index >= 15 is 0 Å². The van der Waals surface area contributed by atoms with Gasteiger partial charge in [0.05, 0.1) is 21.2 Å². The summed E-state index contributed by atoms with van der Waals surface area (Å²) in [6.45, 7) is 1.78. The van der Waals surface area contributed by atoms with E-state index in [1.54, 1.807) is 25.1 Å². The molecule has 1 heterocycles. The lowest BCUT2D eigenvalue weighted by atomic mass is 10.2. The van der Waals surface area contributed by atoms with Gasteiger partial charge in [-0.25, -0.2) is 13.8 Å². The van der Waals surface area contributed by atoms with E-state index in [2.05, 4.69) is 20.9 Å². The molecular weight excluding hydrogens is 328 g/mol. The van der Waals surface area contributed by atoms with Crippen molar-refractivity contribution in [3.8, 4) is 5.69 Å². The van der Waals surface area contributed by atoms with E-state index in [4.69, 9.17) is 5.73 Å². The number of nitrogen functional groups attached to an aromatic ring is 1. The molecule has 3 nitrogen and oxygen atoms in total. The quantitative estimate of drug-likeness (QED) is 0.730. The van der Waals surface area contributed by atoms with Crippen LogP contribution < -0.4 is 5.73 Å². The number of hydrogen-bond donors (Lipinski definition) is 1. The van der Waals surface area contributed by atoms with E-state index in [9.17, 15) is 8.78 Å². The summed E-state index contributed by atoms with van der Waals surface area (Å²) < 4.78 is 29.4. The van der Waals surface area contributed by atoms with E-state index in [0.717, 1.165) is 5.56 Å². The number of fused-ring (bicyclic) bond motifs is 1. The zero-order valence-corrected chi connectivity index (χ0v) is 12.1. The van der Waals surface area contributed by atoms with Gasteiger partial charge in [0.1, 0.15) is 11.6 Å². The summed E-state index contributed by atoms with van der Waals surface area (Å²) >= 11 is 3.12. The molecule has 102 valence electrons. The summed E-state index contributed by atoms with van der Waals surface area (Å²) in [5.41, 5.74) is 7.84. The minimum atomic E-state index is -0.438. The van der Waals surface area contributed by atoms with Gasteiger partial charge in [0, 0.05) is 6.07 Å². The van der Waals surface area contributed by atoms with Crippen molar-refractivity contribution < 1.29 is 8.78 Å². The summed E-state index contributed by atoms with van der Waals surface area (Å²) in [4.78, 5) is 4.09. The first-order chi connectivity index (χ1) is 9.49. The van der Waals surface area contributed by atoms with Gasteiger partial charge in [-0.2, -0.15) is 0 Å². The number of rotatable bonds is 1. The smallest absolute Gasteiger partial charge is 0.206 e. The molecule has 0 saturated heterocycles. The highest BCUT2D eigenvalue weighted by Crippen LogP contribution is 2.30. The Balaban J connectivity index is 2.42. The first-order valence-electron chi connectivity index (χ1n) is 5.87. The maximum absolute atomic E-state index is 14.1. The number of hydrogen-bond acceptors (Lipinski definition) is 2. The molecule has 0 saturated carbocycles. The minimum Gasteiger partial charge on any atom is -0.369 e. The SMILES string of the molecule is Cc1cccc(F)c1-n1c(N)nc2cc(F)c(Br)cc21. The normalized spacial score (nSPS) is 11.2. The highest BCUT2D eigenvalue weighted by Gasteiger charge is 2.17. The van der Waals surface area contributed by atoms with Crippen LogP contribution in [0.1, 0.15) is 5.56 Å². The lowest BCUT2D eigenvalue weighted by Crippen LogP contribution is -2.05. The fourth-order valence-corrected chi connectivity index (χ4v) is 2.56. The topological polar surface area (TPSA) is 43.8 Å². The van der Waals surface area contributed by atoms with Gasteiger partial charge in [0.2, 0.25) is 5.95 Å². The molecule has 3 aromatic rings. The zero-order valence-electron chi connectivity index (χ0n) is 10.5. The maximum Gasteiger partial charge on any atom is 0.206 e. The van der Waals surface area contributed by atoms with Gasteiger partial charge >= 0.3 is 0 Å². The zero-order chi connectivity index (χ0) is 14.4. The number of aromatic nitrogens is 2. The van der Waals surface area contributed by atoms with Crippen LogP contribution in [0.4, 0.5) is 14.7 Å². The summed E-state index contributed by atoms with van der Waals surface area (Å²) in [5.74, 6) is -0.727. The molecular formula is C14H10BrF2N3. The Bertz CT molecular complexity index is 807. The molecule has 0 aliphatic heterocycles. The molecule has 0 aliphatic rings. The Hall–Kier alpha value is -1.95. The number of aryl methyl sites for hydroxylation is 1. The van der Waals surface area contributed by atoms with Crippen LogP contribution >= 0.6 is 15.9 Å². The molecule has 0 radical (unpaired) electrons. The predicted molar refractivity (Wildman–Crippen MR) is 77.8 cm³/mol. The van der Waals surface area contributed by atoms with Crippen molar-refractivity contribution in [2.24, 2.45) is 0 Å².